The van der Waals surface area contributed by atoms with Crippen LogP contribution in [0.4, 0.5) is 0 Å². The molecular formula is C26H26N4O2. The number of carbonyl (C=O) groups is 1. The topological polar surface area (TPSA) is 80.0 Å². The van der Waals surface area contributed by atoms with Crippen LogP contribution in [0.5, 0.6) is 0 Å². The molecule has 0 bridgehead atoms. The van der Waals surface area contributed by atoms with Crippen molar-refractivity contribution in [1.29, 1.82) is 0 Å². The molecule has 0 aliphatic heterocycles. The van der Waals surface area contributed by atoms with Gasteiger partial charge in [0, 0.05) is 31.4 Å². The van der Waals surface area contributed by atoms with E-state index in [1.165, 1.54) is 17.2 Å². The molecule has 0 spiro atoms. The molecule has 2 aromatic heterocycles. The van der Waals surface area contributed by atoms with Crippen molar-refractivity contribution < 1.29 is 10.0 Å². The molecule has 4 rings (SSSR count). The highest BCUT2D eigenvalue weighted by molar-refractivity contribution is 5.91. The van der Waals surface area contributed by atoms with E-state index in [0.717, 1.165) is 41.8 Å². The summed E-state index contributed by atoms with van der Waals surface area (Å²) in [6.45, 7) is 3.03. The summed E-state index contributed by atoms with van der Waals surface area (Å²) >= 11 is 0. The molecule has 32 heavy (non-hydrogen) atoms. The monoisotopic (exact) mass is 426 g/mol. The van der Waals surface area contributed by atoms with Crippen LogP contribution in [0.2, 0.25) is 0 Å². The molecule has 1 atom stereocenters. The first-order valence-corrected chi connectivity index (χ1v) is 10.7. The van der Waals surface area contributed by atoms with Crippen LogP contribution in [-0.4, -0.2) is 25.6 Å². The van der Waals surface area contributed by atoms with Crippen molar-refractivity contribution >= 4 is 23.0 Å². The quantitative estimate of drug-likeness (QED) is 0.246. The fourth-order valence-electron chi connectivity index (χ4n) is 3.88. The number of benzene rings is 2. The Balaban J connectivity index is 1.66. The predicted molar refractivity (Wildman–Crippen MR) is 125 cm³/mol. The van der Waals surface area contributed by atoms with Gasteiger partial charge in [-0.2, -0.15) is 0 Å². The number of hydroxylamine groups is 1. The van der Waals surface area contributed by atoms with Crippen LogP contribution in [0.3, 0.4) is 0 Å². The fourth-order valence-corrected chi connectivity index (χ4v) is 3.88. The molecule has 0 radical (unpaired) electrons. The summed E-state index contributed by atoms with van der Waals surface area (Å²) in [5.74, 6) is 0.803. The number of fused-ring (bicyclic) bond motifs is 1. The largest absolute Gasteiger partial charge is 0.328 e. The minimum absolute atomic E-state index is 0.331. The van der Waals surface area contributed by atoms with E-state index in [4.69, 9.17) is 10.2 Å². The normalized spacial score (nSPS) is 12.3. The minimum Gasteiger partial charge on any atom is -0.328 e. The maximum absolute atomic E-state index is 11.3. The third-order valence-corrected chi connectivity index (χ3v) is 5.59. The number of hydrogen-bond acceptors (Lipinski definition) is 4. The lowest BCUT2D eigenvalue weighted by molar-refractivity contribution is -0.124. The average molecular weight is 427 g/mol. The van der Waals surface area contributed by atoms with Gasteiger partial charge in [0.15, 0.2) is 0 Å². The highest BCUT2D eigenvalue weighted by Gasteiger charge is 2.15. The Morgan fingerprint density at radius 3 is 2.75 bits per heavy atom. The number of pyridine rings is 1. The second-order valence-corrected chi connectivity index (χ2v) is 7.86. The highest BCUT2D eigenvalue weighted by atomic mass is 16.5. The second-order valence-electron chi connectivity index (χ2n) is 7.86. The standard InChI is InChI=1S/C26H26N4O2/c1-19(22-7-3-2-4-8-22)16-25-28-23-17-20(10-12-26(31)29-32)9-11-24(23)30(25)15-13-21-6-5-14-27-18-21/h2-12,14,17-19,32H,13,15-16H2,1H3,(H,29,31). The van der Waals surface area contributed by atoms with Crippen molar-refractivity contribution in [2.45, 2.75) is 32.2 Å². The number of aromatic nitrogens is 3. The number of carbonyl (C=O) groups excluding carboxylic acids is 1. The van der Waals surface area contributed by atoms with Crippen LogP contribution in [0, 0.1) is 0 Å². The fraction of sp³-hybridized carbons (Fsp3) is 0.192. The number of amides is 1. The van der Waals surface area contributed by atoms with E-state index in [2.05, 4.69) is 46.8 Å². The van der Waals surface area contributed by atoms with Gasteiger partial charge < -0.3 is 4.57 Å². The maximum atomic E-state index is 11.3. The molecule has 0 saturated heterocycles. The molecule has 0 saturated carbocycles. The van der Waals surface area contributed by atoms with Crippen LogP contribution in [-0.2, 0) is 24.2 Å². The molecule has 0 aliphatic rings. The second kappa shape index (κ2) is 10.0. The Morgan fingerprint density at radius 2 is 2.00 bits per heavy atom. The zero-order valence-corrected chi connectivity index (χ0v) is 18.0. The van der Waals surface area contributed by atoms with E-state index >= 15 is 0 Å². The Bertz CT molecular complexity index is 1220. The molecule has 0 aliphatic carbocycles. The Labute approximate surface area is 187 Å². The molecule has 0 fully saturated rings. The van der Waals surface area contributed by atoms with Crippen molar-refractivity contribution in [2.75, 3.05) is 0 Å². The molecule has 6 heteroatoms. The van der Waals surface area contributed by atoms with Gasteiger partial charge in [0.05, 0.1) is 11.0 Å². The molecule has 2 N–H and O–H groups in total. The van der Waals surface area contributed by atoms with E-state index in [1.807, 2.05) is 36.5 Å². The van der Waals surface area contributed by atoms with Crippen LogP contribution >= 0.6 is 0 Å². The lowest BCUT2D eigenvalue weighted by Crippen LogP contribution is -2.14. The number of aryl methyl sites for hydroxylation is 2. The van der Waals surface area contributed by atoms with Crippen molar-refractivity contribution in [3.05, 3.63) is 102 Å². The average Bonchev–Trinajstić information content (AvgIpc) is 3.18. The number of nitrogens with one attached hydrogen (secondary N) is 1. The lowest BCUT2D eigenvalue weighted by atomic mass is 9.97. The van der Waals surface area contributed by atoms with Gasteiger partial charge in [-0.05, 0) is 53.3 Å². The molecule has 1 unspecified atom stereocenters. The summed E-state index contributed by atoms with van der Waals surface area (Å²) in [5, 5.41) is 8.68. The van der Waals surface area contributed by atoms with Crippen molar-refractivity contribution in [2.24, 2.45) is 0 Å². The highest BCUT2D eigenvalue weighted by Crippen LogP contribution is 2.25. The summed E-state index contributed by atoms with van der Waals surface area (Å²) in [4.78, 5) is 20.5. The van der Waals surface area contributed by atoms with Crippen molar-refractivity contribution in [3.63, 3.8) is 0 Å². The third-order valence-electron chi connectivity index (χ3n) is 5.59. The van der Waals surface area contributed by atoms with Gasteiger partial charge in [-0.25, -0.2) is 10.5 Å². The van der Waals surface area contributed by atoms with Crippen LogP contribution in [0.25, 0.3) is 17.1 Å². The van der Waals surface area contributed by atoms with Gasteiger partial charge in [-0.1, -0.05) is 49.4 Å². The van der Waals surface area contributed by atoms with E-state index in [0.29, 0.717) is 5.92 Å². The molecule has 2 aromatic carbocycles. The van der Waals surface area contributed by atoms with Crippen LogP contribution in [0.15, 0.2) is 79.1 Å². The molecule has 4 aromatic rings. The Hall–Kier alpha value is -3.77. The zero-order valence-electron chi connectivity index (χ0n) is 18.0. The van der Waals surface area contributed by atoms with Gasteiger partial charge in [0.1, 0.15) is 5.82 Å². The first kappa shape index (κ1) is 21.5. The predicted octanol–water partition coefficient (Wildman–Crippen LogP) is 4.54. The van der Waals surface area contributed by atoms with Gasteiger partial charge in [0.2, 0.25) is 0 Å². The van der Waals surface area contributed by atoms with E-state index in [1.54, 1.807) is 17.8 Å². The molecule has 6 nitrogen and oxygen atoms in total. The SMILES string of the molecule is CC(Cc1nc2cc(C=CC(=O)NO)ccc2n1CCc1cccnc1)c1ccccc1. The van der Waals surface area contributed by atoms with Gasteiger partial charge >= 0.3 is 0 Å². The van der Waals surface area contributed by atoms with Gasteiger partial charge in [-0.3, -0.25) is 15.0 Å². The number of nitrogens with zero attached hydrogens (tertiary/aromatic N) is 3. The smallest absolute Gasteiger partial charge is 0.267 e. The Kier molecular flexibility index (Phi) is 6.72. The van der Waals surface area contributed by atoms with E-state index < -0.39 is 5.91 Å². The molecular weight excluding hydrogens is 400 g/mol. The summed E-state index contributed by atoms with van der Waals surface area (Å²) < 4.78 is 2.29. The number of hydrogen-bond donors (Lipinski definition) is 2. The van der Waals surface area contributed by atoms with Gasteiger partial charge in [0.25, 0.3) is 5.91 Å². The summed E-state index contributed by atoms with van der Waals surface area (Å²) in [6, 6.07) is 20.5. The van der Waals surface area contributed by atoms with Crippen molar-refractivity contribution in [1.82, 2.24) is 20.0 Å². The summed E-state index contributed by atoms with van der Waals surface area (Å²) in [7, 11) is 0. The lowest BCUT2D eigenvalue weighted by Gasteiger charge is -2.14. The first-order valence-electron chi connectivity index (χ1n) is 10.7. The molecule has 1 amide bonds. The van der Waals surface area contributed by atoms with Crippen LogP contribution < -0.4 is 5.48 Å². The van der Waals surface area contributed by atoms with Crippen LogP contribution in [0.1, 0.15) is 35.4 Å². The first-order chi connectivity index (χ1) is 15.6. The van der Waals surface area contributed by atoms with E-state index in [-0.39, 0.29) is 0 Å². The zero-order chi connectivity index (χ0) is 22.3. The number of rotatable bonds is 8. The number of imidazole rings is 1. The van der Waals surface area contributed by atoms with Crippen molar-refractivity contribution in [3.8, 4) is 0 Å². The summed E-state index contributed by atoms with van der Waals surface area (Å²) in [6.07, 6.45) is 8.33. The third kappa shape index (κ3) is 5.10. The van der Waals surface area contributed by atoms with E-state index in [9.17, 15) is 4.79 Å². The van der Waals surface area contributed by atoms with Gasteiger partial charge in [-0.15, -0.1) is 0 Å². The molecule has 162 valence electrons. The Morgan fingerprint density at radius 1 is 1.16 bits per heavy atom. The maximum Gasteiger partial charge on any atom is 0.267 e. The molecule has 2 heterocycles. The minimum atomic E-state index is -0.565. The summed E-state index contributed by atoms with van der Waals surface area (Å²) in [5.41, 5.74) is 6.88.